The van der Waals surface area contributed by atoms with E-state index in [1.54, 1.807) is 18.2 Å². The fraction of sp³-hybridized carbons (Fsp3) is 0.176. The predicted molar refractivity (Wildman–Crippen MR) is 166 cm³/mol. The van der Waals surface area contributed by atoms with Gasteiger partial charge >= 0.3 is 0 Å². The van der Waals surface area contributed by atoms with Gasteiger partial charge in [0.25, 0.3) is 0 Å². The highest BCUT2D eigenvalue weighted by Crippen LogP contribution is 2.32. The Kier molecular flexibility index (Phi) is 8.80. The second-order valence-corrected chi connectivity index (χ2v) is 10.1. The Bertz CT molecular complexity index is 1660. The second kappa shape index (κ2) is 12.4. The third-order valence-electron chi connectivity index (χ3n) is 6.50. The molecule has 3 N–H and O–H groups in total. The third-order valence-corrected chi connectivity index (χ3v) is 6.50. The van der Waals surface area contributed by atoms with Crippen LogP contribution in [0.1, 0.15) is 49.7 Å². The molecule has 0 aliphatic carbocycles. The molecule has 0 radical (unpaired) electrons. The lowest BCUT2D eigenvalue weighted by molar-refractivity contribution is 0.622. The lowest BCUT2D eigenvalue weighted by atomic mass is 10.0. The van der Waals surface area contributed by atoms with Crippen molar-refractivity contribution in [1.29, 1.82) is 0 Å². The number of hydrogen-bond acceptors (Lipinski definition) is 3. The van der Waals surface area contributed by atoms with Crippen LogP contribution in [0, 0.1) is 18.7 Å². The molecule has 0 fully saturated rings. The van der Waals surface area contributed by atoms with Crippen LogP contribution in [0.2, 0.25) is 0 Å². The van der Waals surface area contributed by atoms with Gasteiger partial charge in [-0.2, -0.15) is 5.10 Å². The Labute approximate surface area is 235 Å². The molecule has 6 heteroatoms. The summed E-state index contributed by atoms with van der Waals surface area (Å²) >= 11 is 0. The molecule has 0 unspecified atom stereocenters. The summed E-state index contributed by atoms with van der Waals surface area (Å²) in [7, 11) is 0. The lowest BCUT2D eigenvalue weighted by Crippen LogP contribution is -2.12. The van der Waals surface area contributed by atoms with Gasteiger partial charge in [0.2, 0.25) is 0 Å². The number of allylic oxidation sites excluding steroid dienone is 7. The summed E-state index contributed by atoms with van der Waals surface area (Å²) in [4.78, 5) is 8.29. The zero-order valence-electron chi connectivity index (χ0n) is 23.6. The van der Waals surface area contributed by atoms with E-state index in [0.29, 0.717) is 23.1 Å². The van der Waals surface area contributed by atoms with E-state index >= 15 is 0 Å². The molecule has 40 heavy (non-hydrogen) atoms. The molecule has 5 nitrogen and oxygen atoms in total. The van der Waals surface area contributed by atoms with E-state index in [-0.39, 0.29) is 5.82 Å². The summed E-state index contributed by atoms with van der Waals surface area (Å²) in [5.74, 6) is 0.829. The van der Waals surface area contributed by atoms with Gasteiger partial charge < -0.3 is 10.3 Å². The Morgan fingerprint density at radius 2 is 1.93 bits per heavy atom. The van der Waals surface area contributed by atoms with Gasteiger partial charge in [0.1, 0.15) is 11.5 Å². The summed E-state index contributed by atoms with van der Waals surface area (Å²) in [5, 5.41) is 12.0. The van der Waals surface area contributed by atoms with Gasteiger partial charge in [-0.1, -0.05) is 70.0 Å². The first-order valence-corrected chi connectivity index (χ1v) is 13.3. The number of hydrogen-bond donors (Lipinski definition) is 3. The zero-order chi connectivity index (χ0) is 28.8. The average molecular weight is 534 g/mol. The number of benzene rings is 2. The second-order valence-electron chi connectivity index (χ2n) is 10.1. The highest BCUT2D eigenvalue weighted by Gasteiger charge is 2.18. The molecule has 0 aliphatic rings. The van der Waals surface area contributed by atoms with E-state index in [1.165, 1.54) is 12.1 Å². The van der Waals surface area contributed by atoms with Crippen molar-refractivity contribution < 1.29 is 4.39 Å². The monoisotopic (exact) mass is 533 g/mol. The molecule has 0 spiro atoms. The summed E-state index contributed by atoms with van der Waals surface area (Å²) < 4.78 is 14.0. The first-order valence-electron chi connectivity index (χ1n) is 13.3. The van der Waals surface area contributed by atoms with Crippen LogP contribution in [-0.4, -0.2) is 20.2 Å². The van der Waals surface area contributed by atoms with E-state index in [2.05, 4.69) is 78.4 Å². The van der Waals surface area contributed by atoms with Crippen LogP contribution in [0.3, 0.4) is 0 Å². The number of nitrogens with zero attached hydrogens (tertiary/aromatic N) is 2. The molecule has 0 bridgehead atoms. The van der Waals surface area contributed by atoms with E-state index in [0.717, 1.165) is 56.7 Å². The van der Waals surface area contributed by atoms with E-state index < -0.39 is 0 Å². The molecular formula is C34H36FN5. The fourth-order valence-electron chi connectivity index (χ4n) is 4.69. The van der Waals surface area contributed by atoms with Crippen molar-refractivity contribution in [3.63, 3.8) is 0 Å². The molecule has 0 amide bonds. The molecule has 0 saturated heterocycles. The van der Waals surface area contributed by atoms with Crippen LogP contribution in [0.5, 0.6) is 0 Å². The summed E-state index contributed by atoms with van der Waals surface area (Å²) in [5.41, 5.74) is 8.57. The van der Waals surface area contributed by atoms with Crippen molar-refractivity contribution in [3.8, 4) is 11.5 Å². The lowest BCUT2D eigenvalue weighted by Gasteiger charge is -2.13. The number of aromatic nitrogens is 4. The van der Waals surface area contributed by atoms with Crippen LogP contribution in [0.15, 0.2) is 104 Å². The van der Waals surface area contributed by atoms with Gasteiger partial charge in [0.05, 0.1) is 11.2 Å². The van der Waals surface area contributed by atoms with Crippen molar-refractivity contribution in [2.75, 3.05) is 0 Å². The number of rotatable bonds is 11. The predicted octanol–water partition coefficient (Wildman–Crippen LogP) is 8.64. The number of imidazole rings is 1. The summed E-state index contributed by atoms with van der Waals surface area (Å²) in [6.07, 6.45) is 10.3. The van der Waals surface area contributed by atoms with Crippen LogP contribution in [0.4, 0.5) is 4.39 Å². The van der Waals surface area contributed by atoms with Gasteiger partial charge in [-0.25, -0.2) is 9.37 Å². The van der Waals surface area contributed by atoms with Crippen molar-refractivity contribution in [2.24, 2.45) is 5.92 Å². The summed E-state index contributed by atoms with van der Waals surface area (Å²) in [6.45, 7) is 20.3. The van der Waals surface area contributed by atoms with Gasteiger partial charge in [0.15, 0.2) is 5.82 Å². The van der Waals surface area contributed by atoms with Gasteiger partial charge in [-0.05, 0) is 79.3 Å². The van der Waals surface area contributed by atoms with Crippen LogP contribution < -0.4 is 5.32 Å². The topological polar surface area (TPSA) is 69.4 Å². The third kappa shape index (κ3) is 6.29. The highest BCUT2D eigenvalue weighted by atomic mass is 19.1. The summed E-state index contributed by atoms with van der Waals surface area (Å²) in [6, 6.07) is 12.7. The molecule has 204 valence electrons. The van der Waals surface area contributed by atoms with E-state index in [9.17, 15) is 4.39 Å². The average Bonchev–Trinajstić information content (AvgIpc) is 3.51. The molecule has 2 aromatic heterocycles. The molecule has 0 aliphatic heterocycles. The van der Waals surface area contributed by atoms with Crippen molar-refractivity contribution in [1.82, 2.24) is 25.5 Å². The Balaban J connectivity index is 1.72. The Morgan fingerprint density at radius 3 is 2.60 bits per heavy atom. The Morgan fingerprint density at radius 1 is 1.12 bits per heavy atom. The van der Waals surface area contributed by atoms with Crippen molar-refractivity contribution >= 4 is 22.0 Å². The number of halogens is 1. The molecule has 2 aromatic carbocycles. The first kappa shape index (κ1) is 28.3. The SMILES string of the molecule is C=C/C=C(/c1cccc(F)c1)c1nc(-c2n[nH]c3ccc(C(/C=C(\C=C)NC(=C)CC(C)C)=C/C)cc23)[nH]c1C. The van der Waals surface area contributed by atoms with Gasteiger partial charge in [-0.3, -0.25) is 5.10 Å². The Hall–Kier alpha value is -4.71. The van der Waals surface area contributed by atoms with E-state index in [4.69, 9.17) is 4.98 Å². The minimum absolute atomic E-state index is 0.306. The smallest absolute Gasteiger partial charge is 0.159 e. The first-order chi connectivity index (χ1) is 19.2. The maximum atomic E-state index is 14.0. The standard InChI is InChI=1S/C34H36FN5/c1-8-12-29(26-13-11-14-27(35)18-26)32-23(7)37-34(38-32)33-30-20-25(15-16-31(30)39-40-33)24(9-2)19-28(10-3)36-22(6)17-21(4)5/h8-16,18-21,36H,1,3,6,17H2,2,4-5,7H3,(H,37,38)(H,39,40)/b24-9+,28-19+,29-12-. The number of H-pyrrole nitrogens is 2. The number of aryl methyl sites for hydroxylation is 1. The van der Waals surface area contributed by atoms with Crippen molar-refractivity contribution in [2.45, 2.75) is 34.1 Å². The quantitative estimate of drug-likeness (QED) is 0.169. The minimum atomic E-state index is -0.306. The number of fused-ring (bicyclic) bond motifs is 1. The fourth-order valence-corrected chi connectivity index (χ4v) is 4.69. The highest BCUT2D eigenvalue weighted by molar-refractivity contribution is 5.95. The molecule has 4 rings (SSSR count). The van der Waals surface area contributed by atoms with Gasteiger partial charge in [0, 0.05) is 28.0 Å². The van der Waals surface area contributed by atoms with Crippen molar-refractivity contribution in [3.05, 3.63) is 132 Å². The molecule has 0 saturated carbocycles. The van der Waals surface area contributed by atoms with E-state index in [1.807, 2.05) is 32.1 Å². The maximum Gasteiger partial charge on any atom is 0.159 e. The van der Waals surface area contributed by atoms with Crippen LogP contribution in [-0.2, 0) is 0 Å². The van der Waals surface area contributed by atoms with Gasteiger partial charge in [-0.15, -0.1) is 0 Å². The molecular weight excluding hydrogens is 497 g/mol. The number of aromatic amines is 2. The number of nitrogens with one attached hydrogen (secondary N) is 3. The largest absolute Gasteiger partial charge is 0.359 e. The zero-order valence-corrected chi connectivity index (χ0v) is 23.6. The molecule has 0 atom stereocenters. The molecule has 4 aromatic rings. The van der Waals surface area contributed by atoms with Crippen LogP contribution in [0.25, 0.3) is 33.6 Å². The molecule has 2 heterocycles. The normalized spacial score (nSPS) is 12.7. The van der Waals surface area contributed by atoms with Crippen LogP contribution >= 0.6 is 0 Å². The minimum Gasteiger partial charge on any atom is -0.359 e. The maximum absolute atomic E-state index is 14.0.